The van der Waals surface area contributed by atoms with Gasteiger partial charge in [0.25, 0.3) is 0 Å². The van der Waals surface area contributed by atoms with Crippen LogP contribution in [0.15, 0.2) is 24.5 Å². The van der Waals surface area contributed by atoms with Gasteiger partial charge in [-0.25, -0.2) is 0 Å². The summed E-state index contributed by atoms with van der Waals surface area (Å²) < 4.78 is 7.12. The van der Waals surface area contributed by atoms with Crippen molar-refractivity contribution < 1.29 is 4.74 Å². The Morgan fingerprint density at radius 1 is 1.47 bits per heavy atom. The molecule has 0 spiro atoms. The van der Waals surface area contributed by atoms with Crippen molar-refractivity contribution in [2.24, 2.45) is 12.8 Å². The number of ether oxygens (including phenoxy) is 1. The van der Waals surface area contributed by atoms with Crippen LogP contribution in [-0.4, -0.2) is 19.8 Å². The Hall–Kier alpha value is -1.95. The summed E-state index contributed by atoms with van der Waals surface area (Å²) in [6.45, 7) is 1.96. The number of benzene rings is 1. The van der Waals surface area contributed by atoms with Crippen molar-refractivity contribution >= 4 is 17.2 Å². The van der Waals surface area contributed by atoms with Crippen LogP contribution in [0.3, 0.4) is 0 Å². The van der Waals surface area contributed by atoms with Crippen LogP contribution >= 0.6 is 12.2 Å². The molecule has 0 bridgehead atoms. The number of hydrogen-bond donors (Lipinski definition) is 1. The molecule has 0 saturated carbocycles. The summed E-state index contributed by atoms with van der Waals surface area (Å²) in [6, 6.07) is 5.88. The summed E-state index contributed by atoms with van der Waals surface area (Å²) >= 11 is 4.97. The summed E-state index contributed by atoms with van der Waals surface area (Å²) in [5.74, 6) is 0.573. The van der Waals surface area contributed by atoms with Gasteiger partial charge in [0.05, 0.1) is 5.56 Å². The SMILES string of the molecule is Cc1ccc(C(N)=S)c(Oc2ncn(C)n2)c1. The zero-order valence-corrected chi connectivity index (χ0v) is 10.4. The predicted octanol–water partition coefficient (Wildman–Crippen LogP) is 1.55. The van der Waals surface area contributed by atoms with E-state index in [1.807, 2.05) is 25.1 Å². The lowest BCUT2D eigenvalue weighted by atomic mass is 10.1. The first-order valence-corrected chi connectivity index (χ1v) is 5.41. The monoisotopic (exact) mass is 248 g/mol. The molecule has 1 aromatic heterocycles. The largest absolute Gasteiger partial charge is 0.422 e. The summed E-state index contributed by atoms with van der Waals surface area (Å²) in [6.07, 6.45) is 1.56. The van der Waals surface area contributed by atoms with Crippen LogP contribution in [0.2, 0.25) is 0 Å². The van der Waals surface area contributed by atoms with E-state index in [1.54, 1.807) is 18.1 Å². The van der Waals surface area contributed by atoms with Crippen LogP contribution in [0.5, 0.6) is 11.8 Å². The Kier molecular flexibility index (Phi) is 3.06. The summed E-state index contributed by atoms with van der Waals surface area (Å²) in [4.78, 5) is 4.27. The average Bonchev–Trinajstić information content (AvgIpc) is 2.63. The van der Waals surface area contributed by atoms with Gasteiger partial charge >= 0.3 is 6.01 Å². The topological polar surface area (TPSA) is 66.0 Å². The summed E-state index contributed by atoms with van der Waals surface area (Å²) in [5.41, 5.74) is 7.36. The lowest BCUT2D eigenvalue weighted by Gasteiger charge is -2.08. The van der Waals surface area contributed by atoms with Crippen molar-refractivity contribution in [3.8, 4) is 11.8 Å². The van der Waals surface area contributed by atoms with Gasteiger partial charge in [0.15, 0.2) is 0 Å². The van der Waals surface area contributed by atoms with Crippen LogP contribution in [0, 0.1) is 6.92 Å². The third kappa shape index (κ3) is 2.59. The molecule has 2 rings (SSSR count). The van der Waals surface area contributed by atoms with E-state index < -0.39 is 0 Å². The molecule has 6 heteroatoms. The van der Waals surface area contributed by atoms with E-state index in [0.717, 1.165) is 5.56 Å². The third-order valence-corrected chi connectivity index (χ3v) is 2.40. The van der Waals surface area contributed by atoms with E-state index in [2.05, 4.69) is 10.1 Å². The number of aryl methyl sites for hydroxylation is 2. The number of aromatic nitrogens is 3. The first-order chi connectivity index (χ1) is 8.06. The zero-order chi connectivity index (χ0) is 12.4. The number of thiocarbonyl (C=S) groups is 1. The fourth-order valence-corrected chi connectivity index (χ4v) is 1.55. The standard InChI is InChI=1S/C11H12N4OS/c1-7-3-4-8(10(12)17)9(5-7)16-11-13-6-15(2)14-11/h3-6H,1-2H3,(H2,12,17). The molecule has 0 unspecified atom stereocenters. The summed E-state index contributed by atoms with van der Waals surface area (Å²) in [7, 11) is 1.77. The van der Waals surface area contributed by atoms with Gasteiger partial charge in [-0.3, -0.25) is 4.68 Å². The Labute approximate surface area is 104 Å². The molecule has 88 valence electrons. The van der Waals surface area contributed by atoms with Crippen LogP contribution in [0.1, 0.15) is 11.1 Å². The molecule has 0 aliphatic carbocycles. The molecule has 0 saturated heterocycles. The van der Waals surface area contributed by atoms with Gasteiger partial charge < -0.3 is 10.5 Å². The van der Waals surface area contributed by atoms with E-state index in [9.17, 15) is 0 Å². The second kappa shape index (κ2) is 4.50. The van der Waals surface area contributed by atoms with Crippen LogP contribution in [-0.2, 0) is 7.05 Å². The maximum Gasteiger partial charge on any atom is 0.341 e. The molecule has 0 aliphatic rings. The van der Waals surface area contributed by atoms with Gasteiger partial charge in [-0.2, -0.15) is 4.98 Å². The highest BCUT2D eigenvalue weighted by molar-refractivity contribution is 7.80. The predicted molar refractivity (Wildman–Crippen MR) is 68.1 cm³/mol. The number of nitrogens with zero attached hydrogens (tertiary/aromatic N) is 3. The van der Waals surface area contributed by atoms with Crippen LogP contribution in [0.4, 0.5) is 0 Å². The Morgan fingerprint density at radius 2 is 2.24 bits per heavy atom. The second-order valence-electron chi connectivity index (χ2n) is 3.67. The number of rotatable bonds is 3. The minimum atomic E-state index is 0.274. The molecule has 0 aliphatic heterocycles. The lowest BCUT2D eigenvalue weighted by molar-refractivity contribution is 0.438. The molecule has 1 aromatic carbocycles. The fraction of sp³-hybridized carbons (Fsp3) is 0.182. The van der Waals surface area contributed by atoms with Gasteiger partial charge in [0.2, 0.25) is 0 Å². The molecule has 0 amide bonds. The maximum atomic E-state index is 5.63. The summed E-state index contributed by atoms with van der Waals surface area (Å²) in [5, 5.41) is 4.04. The molecule has 0 atom stereocenters. The molecule has 17 heavy (non-hydrogen) atoms. The van der Waals surface area contributed by atoms with Crippen LogP contribution in [0.25, 0.3) is 0 Å². The third-order valence-electron chi connectivity index (χ3n) is 2.18. The minimum absolute atomic E-state index is 0.274. The molecule has 2 aromatic rings. The van der Waals surface area contributed by atoms with Crippen molar-refractivity contribution in [3.05, 3.63) is 35.7 Å². The Morgan fingerprint density at radius 3 is 2.82 bits per heavy atom. The van der Waals surface area contributed by atoms with Crippen molar-refractivity contribution in [2.45, 2.75) is 6.92 Å². The van der Waals surface area contributed by atoms with E-state index in [0.29, 0.717) is 11.3 Å². The molecular weight excluding hydrogens is 236 g/mol. The minimum Gasteiger partial charge on any atom is -0.422 e. The first kappa shape index (κ1) is 11.5. The molecular formula is C11H12N4OS. The van der Waals surface area contributed by atoms with Crippen LogP contribution < -0.4 is 10.5 Å². The lowest BCUT2D eigenvalue weighted by Crippen LogP contribution is -2.11. The smallest absolute Gasteiger partial charge is 0.341 e. The van der Waals surface area contributed by atoms with Gasteiger partial charge in [0, 0.05) is 7.05 Å². The molecule has 0 radical (unpaired) electrons. The molecule has 1 heterocycles. The highest BCUT2D eigenvalue weighted by atomic mass is 32.1. The number of nitrogens with two attached hydrogens (primary N) is 1. The van der Waals surface area contributed by atoms with Crippen molar-refractivity contribution in [1.29, 1.82) is 0 Å². The quantitative estimate of drug-likeness (QED) is 0.835. The van der Waals surface area contributed by atoms with Crippen molar-refractivity contribution in [2.75, 3.05) is 0 Å². The first-order valence-electron chi connectivity index (χ1n) is 5.00. The number of hydrogen-bond acceptors (Lipinski definition) is 4. The van der Waals surface area contributed by atoms with E-state index in [1.165, 1.54) is 0 Å². The van der Waals surface area contributed by atoms with Gasteiger partial charge in [-0.15, -0.1) is 5.10 Å². The van der Waals surface area contributed by atoms with E-state index in [-0.39, 0.29) is 11.0 Å². The Balaban J connectivity index is 2.37. The molecule has 5 nitrogen and oxygen atoms in total. The van der Waals surface area contributed by atoms with Gasteiger partial charge in [0.1, 0.15) is 17.1 Å². The molecule has 2 N–H and O–H groups in total. The second-order valence-corrected chi connectivity index (χ2v) is 4.11. The van der Waals surface area contributed by atoms with E-state index in [4.69, 9.17) is 22.7 Å². The maximum absolute atomic E-state index is 5.63. The average molecular weight is 248 g/mol. The zero-order valence-electron chi connectivity index (χ0n) is 9.54. The van der Waals surface area contributed by atoms with Gasteiger partial charge in [-0.1, -0.05) is 18.3 Å². The van der Waals surface area contributed by atoms with E-state index >= 15 is 0 Å². The van der Waals surface area contributed by atoms with Crippen molar-refractivity contribution in [3.63, 3.8) is 0 Å². The Bertz CT molecular complexity index is 564. The van der Waals surface area contributed by atoms with Gasteiger partial charge in [-0.05, 0) is 24.6 Å². The highest BCUT2D eigenvalue weighted by Gasteiger charge is 2.10. The van der Waals surface area contributed by atoms with Crippen molar-refractivity contribution in [1.82, 2.24) is 14.8 Å². The highest BCUT2D eigenvalue weighted by Crippen LogP contribution is 2.24. The normalized spacial score (nSPS) is 10.2. The molecule has 0 fully saturated rings. The fourth-order valence-electron chi connectivity index (χ4n) is 1.38.